The van der Waals surface area contributed by atoms with Gasteiger partial charge in [0.05, 0.1) is 28.4 Å². The first kappa shape index (κ1) is 64.6. The molecular formula is C57H71N23O10. The van der Waals surface area contributed by atoms with Crippen molar-refractivity contribution in [2.75, 3.05) is 77.5 Å². The number of carbonyl (C=O) groups excluding carboxylic acids is 10. The van der Waals surface area contributed by atoms with Crippen molar-refractivity contribution in [1.29, 1.82) is 0 Å². The Kier molecular flexibility index (Phi) is 20.1. The van der Waals surface area contributed by atoms with Gasteiger partial charge in [-0.3, -0.25) is 47.9 Å². The van der Waals surface area contributed by atoms with Crippen LogP contribution >= 0.6 is 0 Å². The summed E-state index contributed by atoms with van der Waals surface area (Å²) in [5.74, 6) is -5.39. The maximum Gasteiger partial charge on any atom is 0.292 e. The molecule has 90 heavy (non-hydrogen) atoms. The Balaban J connectivity index is 0.805. The molecule has 8 aromatic rings. The van der Waals surface area contributed by atoms with Crippen LogP contribution in [0.5, 0.6) is 0 Å². The van der Waals surface area contributed by atoms with Crippen molar-refractivity contribution in [2.45, 2.75) is 25.3 Å². The van der Waals surface area contributed by atoms with Gasteiger partial charge in [-0.25, -0.2) is 15.0 Å². The Morgan fingerprint density at radius 2 is 0.856 bits per heavy atom. The highest BCUT2D eigenvalue weighted by Gasteiger charge is 2.27. The van der Waals surface area contributed by atoms with E-state index in [0.29, 0.717) is 17.9 Å². The molecule has 0 saturated carbocycles. The Bertz CT molecular complexity index is 4060. The number of imidazole rings is 3. The van der Waals surface area contributed by atoms with Gasteiger partial charge in [0, 0.05) is 132 Å². The van der Waals surface area contributed by atoms with Crippen LogP contribution in [0, 0.1) is 0 Å². The Morgan fingerprint density at radius 1 is 0.456 bits per heavy atom. The first-order chi connectivity index (χ1) is 42.7. The van der Waals surface area contributed by atoms with E-state index >= 15 is 0 Å². The third-order valence-corrected chi connectivity index (χ3v) is 14.0. The van der Waals surface area contributed by atoms with Crippen molar-refractivity contribution in [2.24, 2.45) is 62.1 Å². The minimum absolute atomic E-state index is 0.000748. The quantitative estimate of drug-likeness (QED) is 0.0341. The number of nitrogens with zero attached hydrogens (tertiary/aromatic N) is 12. The molecule has 10 amide bonds. The number of aromatic nitrogens is 11. The summed E-state index contributed by atoms with van der Waals surface area (Å²) < 4.78 is 11.8. The maximum atomic E-state index is 13.7. The summed E-state index contributed by atoms with van der Waals surface area (Å²) in [6.45, 7) is 1.50. The van der Waals surface area contributed by atoms with Gasteiger partial charge in [-0.05, 0) is 70.4 Å². The van der Waals surface area contributed by atoms with Gasteiger partial charge in [0.1, 0.15) is 34.5 Å². The molecule has 12 N–H and O–H groups in total. The molecule has 0 aliphatic heterocycles. The van der Waals surface area contributed by atoms with Crippen molar-refractivity contribution in [3.8, 4) is 0 Å². The highest BCUT2D eigenvalue weighted by atomic mass is 16.2. The van der Waals surface area contributed by atoms with Crippen LogP contribution in [0.2, 0.25) is 0 Å². The zero-order chi connectivity index (χ0) is 65.2. The van der Waals surface area contributed by atoms with E-state index in [1.165, 1.54) is 107 Å². The van der Waals surface area contributed by atoms with Crippen LogP contribution in [-0.2, 0) is 66.0 Å². The number of amides is 10. The summed E-state index contributed by atoms with van der Waals surface area (Å²) in [6.07, 6.45) is 14.5. The molecule has 0 spiro atoms. The van der Waals surface area contributed by atoms with E-state index in [1.807, 2.05) is 19.0 Å². The first-order valence-electron chi connectivity index (χ1n) is 28.0. The number of rotatable bonds is 26. The first-order valence-corrected chi connectivity index (χ1v) is 28.0. The second-order valence-electron chi connectivity index (χ2n) is 21.4. The summed E-state index contributed by atoms with van der Waals surface area (Å²) in [4.78, 5) is 147. The lowest BCUT2D eigenvalue weighted by Gasteiger charge is -2.17. The number of nitrogens with two attached hydrogens (primary N) is 1. The van der Waals surface area contributed by atoms with Gasteiger partial charge in [0.2, 0.25) is 23.5 Å². The second kappa shape index (κ2) is 28.0. The lowest BCUT2D eigenvalue weighted by molar-refractivity contribution is -0.121. The van der Waals surface area contributed by atoms with Crippen LogP contribution < -0.4 is 58.9 Å². The molecule has 33 nitrogen and oxygen atoms in total. The summed E-state index contributed by atoms with van der Waals surface area (Å²) in [5, 5.41) is 27.2. The van der Waals surface area contributed by atoms with E-state index < -0.39 is 59.2 Å². The predicted molar refractivity (Wildman–Crippen MR) is 331 cm³/mol. The monoisotopic (exact) mass is 1240 g/mol. The molecule has 1 atom stereocenters. The van der Waals surface area contributed by atoms with Crippen molar-refractivity contribution in [3.05, 3.63) is 132 Å². The highest BCUT2D eigenvalue weighted by molar-refractivity contribution is 6.10. The molecule has 8 aromatic heterocycles. The van der Waals surface area contributed by atoms with Crippen molar-refractivity contribution in [1.82, 2.24) is 72.3 Å². The lowest BCUT2D eigenvalue weighted by atomic mass is 10.2. The molecule has 0 radical (unpaired) electrons. The Labute approximate surface area is 514 Å². The SMILES string of the molecule is CN(C)CCCNC(=O)CCNC(=O)c1cc(NC(=O)c2cc(NC(=O)c3cc(NC(=O)c4cc(NC(=O)[C@@H](CCN)NC(=O)c5nc(NC(=O)c6cc(NC(=O)c7nc(NC(=O)c8nccn8C)cn7C)cn6C)cn5C)cn4C)cn3C)cn2C)cn1C. The highest BCUT2D eigenvalue weighted by Crippen LogP contribution is 2.23. The van der Waals surface area contributed by atoms with Crippen LogP contribution in [0.4, 0.5) is 40.1 Å². The fourth-order valence-corrected chi connectivity index (χ4v) is 9.46. The number of anilines is 7. The van der Waals surface area contributed by atoms with E-state index in [0.717, 1.165) is 13.0 Å². The van der Waals surface area contributed by atoms with Crippen molar-refractivity contribution >= 4 is 99.1 Å². The number of hydrogen-bond donors (Lipinski definition) is 11. The molecule has 0 unspecified atom stereocenters. The van der Waals surface area contributed by atoms with E-state index in [1.54, 1.807) is 72.5 Å². The standard InChI is InChI=1S/C57H71N23O10/c1-72(2)18-11-15-59-45(81)13-16-61-50(83)38-20-33(26-74(38)4)63-52(85)40-22-35(28-76(40)6)65-53(86)41-23-34(27-77(41)7)64-51(84)39-21-32(25-75(39)5)62-49(82)37(12-14-58)67-57(90)48-68-43(30-80(48)10)70-54(87)42-24-36(29-78(42)8)66-56(89)47-69-44(31-79(47)9)71-55(88)46-60-17-19-73(46)3/h17,19-31,37H,11-16,18,58H2,1-10H3,(H,59,81)(H,61,83)(H,62,82)(H,63,85)(H,64,84)(H,65,86)(H,66,89)(H,67,90)(H,70,87)(H,71,88)/t37-/m1/s1. The van der Waals surface area contributed by atoms with E-state index in [-0.39, 0.29) is 106 Å². The van der Waals surface area contributed by atoms with Crippen LogP contribution in [0.25, 0.3) is 0 Å². The normalized spacial score (nSPS) is 11.4. The minimum Gasteiger partial charge on any atom is -0.356 e. The van der Waals surface area contributed by atoms with Gasteiger partial charge in [-0.15, -0.1) is 0 Å². The largest absolute Gasteiger partial charge is 0.356 e. The fraction of sp³-hybridized carbons (Fsp3) is 0.316. The lowest BCUT2D eigenvalue weighted by Crippen LogP contribution is -2.45. The number of nitrogens with one attached hydrogen (secondary N) is 10. The molecule has 0 aliphatic carbocycles. The van der Waals surface area contributed by atoms with Gasteiger partial charge >= 0.3 is 0 Å². The van der Waals surface area contributed by atoms with Crippen LogP contribution in [-0.4, -0.2) is 162 Å². The van der Waals surface area contributed by atoms with E-state index in [4.69, 9.17) is 5.73 Å². The average molecular weight is 1240 g/mol. The molecule has 0 saturated heterocycles. The number of aryl methyl sites for hydroxylation is 8. The molecule has 8 heterocycles. The van der Waals surface area contributed by atoms with Crippen LogP contribution in [0.1, 0.15) is 104 Å². The minimum atomic E-state index is -1.17. The van der Waals surface area contributed by atoms with E-state index in [2.05, 4.69) is 68.1 Å². The van der Waals surface area contributed by atoms with Gasteiger partial charge in [0.25, 0.3) is 47.3 Å². The number of hydrogen-bond acceptors (Lipinski definition) is 15. The van der Waals surface area contributed by atoms with Gasteiger partial charge in [-0.1, -0.05) is 0 Å². The van der Waals surface area contributed by atoms with Gasteiger partial charge < -0.3 is 100 Å². The molecule has 33 heteroatoms. The molecule has 0 aromatic carbocycles. The summed E-state index contributed by atoms with van der Waals surface area (Å²) in [6, 6.07) is 6.11. The Morgan fingerprint density at radius 3 is 1.29 bits per heavy atom. The molecule has 0 bridgehead atoms. The smallest absolute Gasteiger partial charge is 0.292 e. The van der Waals surface area contributed by atoms with Gasteiger partial charge in [-0.2, -0.15) is 0 Å². The zero-order valence-electron chi connectivity index (χ0n) is 51.1. The van der Waals surface area contributed by atoms with Crippen molar-refractivity contribution in [3.63, 3.8) is 0 Å². The van der Waals surface area contributed by atoms with Gasteiger partial charge in [0.15, 0.2) is 17.5 Å². The second-order valence-corrected chi connectivity index (χ2v) is 21.4. The molecular weight excluding hydrogens is 1170 g/mol. The topological polar surface area (TPSA) is 398 Å². The third-order valence-electron chi connectivity index (χ3n) is 14.0. The predicted octanol–water partition coefficient (Wildman–Crippen LogP) is 1.37. The van der Waals surface area contributed by atoms with Crippen LogP contribution in [0.3, 0.4) is 0 Å². The number of carbonyl (C=O) groups is 10. The zero-order valence-corrected chi connectivity index (χ0v) is 51.1. The molecule has 0 aliphatic rings. The maximum absolute atomic E-state index is 13.7. The summed E-state index contributed by atoms with van der Waals surface area (Å²) in [7, 11) is 16.7. The van der Waals surface area contributed by atoms with E-state index in [9.17, 15) is 47.9 Å². The molecule has 474 valence electrons. The van der Waals surface area contributed by atoms with Crippen molar-refractivity contribution < 1.29 is 47.9 Å². The molecule has 8 rings (SSSR count). The summed E-state index contributed by atoms with van der Waals surface area (Å²) in [5.41, 5.74) is 8.07. The third kappa shape index (κ3) is 15.8. The fourth-order valence-electron chi connectivity index (χ4n) is 9.46. The molecule has 0 fully saturated rings. The van der Waals surface area contributed by atoms with Crippen LogP contribution in [0.15, 0.2) is 86.1 Å². The summed E-state index contributed by atoms with van der Waals surface area (Å²) >= 11 is 0. The average Bonchev–Trinajstić information content (AvgIpc) is 3.78. The Hall–Kier alpha value is -11.4.